The summed E-state index contributed by atoms with van der Waals surface area (Å²) >= 11 is 0. The molecule has 0 bridgehead atoms. The van der Waals surface area contributed by atoms with Gasteiger partial charge >= 0.3 is 0 Å². The molecule has 0 aliphatic rings. The Morgan fingerprint density at radius 3 is 2.67 bits per heavy atom. The van der Waals surface area contributed by atoms with Crippen LogP contribution >= 0.6 is 0 Å². The lowest BCUT2D eigenvalue weighted by atomic mass is 10.1. The van der Waals surface area contributed by atoms with E-state index < -0.39 is 0 Å². The number of ketones is 2. The first-order chi connectivity index (χ1) is 7.17. The highest BCUT2D eigenvalue weighted by Gasteiger charge is 2.12. The van der Waals surface area contributed by atoms with E-state index in [0.717, 1.165) is 13.0 Å². The molecule has 0 unspecified atom stereocenters. The second kappa shape index (κ2) is 5.44. The zero-order chi connectivity index (χ0) is 11.3. The van der Waals surface area contributed by atoms with Crippen molar-refractivity contribution in [1.82, 2.24) is 9.78 Å². The second-order valence-electron chi connectivity index (χ2n) is 3.47. The van der Waals surface area contributed by atoms with Crippen LogP contribution in [0.3, 0.4) is 0 Å². The number of aryl methyl sites for hydroxylation is 1. The molecule has 0 saturated carbocycles. The Balaban J connectivity index is 2.57. The Hall–Kier alpha value is -1.45. The van der Waals surface area contributed by atoms with Crippen LogP contribution in [0, 0.1) is 0 Å². The Morgan fingerprint density at radius 1 is 1.40 bits per heavy atom. The molecule has 0 aliphatic carbocycles. The summed E-state index contributed by atoms with van der Waals surface area (Å²) in [5, 5.41) is 3.99. The summed E-state index contributed by atoms with van der Waals surface area (Å²) in [6, 6.07) is 0. The summed E-state index contributed by atoms with van der Waals surface area (Å²) in [7, 11) is 0. The van der Waals surface area contributed by atoms with E-state index in [0.29, 0.717) is 12.0 Å². The van der Waals surface area contributed by atoms with Gasteiger partial charge in [-0.1, -0.05) is 6.92 Å². The molecule has 1 aromatic heterocycles. The third-order valence-corrected chi connectivity index (χ3v) is 2.17. The average Bonchev–Trinajstić information content (AvgIpc) is 2.66. The number of aromatic nitrogens is 2. The molecular formula is C11H16N2O2. The van der Waals surface area contributed by atoms with Crippen LogP contribution in [-0.2, 0) is 11.3 Å². The largest absolute Gasteiger partial charge is 0.299 e. The van der Waals surface area contributed by atoms with Gasteiger partial charge in [0, 0.05) is 19.2 Å². The molecule has 1 rings (SSSR count). The number of nitrogens with zero attached hydrogens (tertiary/aromatic N) is 2. The maximum Gasteiger partial charge on any atom is 0.173 e. The summed E-state index contributed by atoms with van der Waals surface area (Å²) in [4.78, 5) is 22.8. The monoisotopic (exact) mass is 208 g/mol. The van der Waals surface area contributed by atoms with Crippen molar-refractivity contribution in [2.24, 2.45) is 0 Å². The molecule has 0 radical (unpaired) electrons. The van der Waals surface area contributed by atoms with Gasteiger partial charge in [-0.05, 0) is 13.3 Å². The van der Waals surface area contributed by atoms with Crippen LogP contribution in [-0.4, -0.2) is 21.3 Å². The molecule has 0 fully saturated rings. The van der Waals surface area contributed by atoms with E-state index >= 15 is 0 Å². The van der Waals surface area contributed by atoms with E-state index in [2.05, 4.69) is 5.10 Å². The van der Waals surface area contributed by atoms with E-state index in [-0.39, 0.29) is 18.0 Å². The molecule has 0 aliphatic heterocycles. The first-order valence-electron chi connectivity index (χ1n) is 5.24. The summed E-state index contributed by atoms with van der Waals surface area (Å²) in [6.07, 6.45) is 4.48. The molecule has 82 valence electrons. The van der Waals surface area contributed by atoms with Crippen molar-refractivity contribution in [3.05, 3.63) is 18.0 Å². The van der Waals surface area contributed by atoms with Crippen LogP contribution in [0.15, 0.2) is 12.4 Å². The molecule has 0 aromatic carbocycles. The van der Waals surface area contributed by atoms with Gasteiger partial charge in [-0.2, -0.15) is 5.10 Å². The highest BCUT2D eigenvalue weighted by molar-refractivity contribution is 6.07. The van der Waals surface area contributed by atoms with Crippen molar-refractivity contribution in [3.8, 4) is 0 Å². The molecule has 0 spiro atoms. The normalized spacial score (nSPS) is 10.3. The lowest BCUT2D eigenvalue weighted by molar-refractivity contribution is -0.118. The Kier molecular flexibility index (Phi) is 4.21. The number of hydrogen-bond donors (Lipinski definition) is 0. The first-order valence-corrected chi connectivity index (χ1v) is 5.24. The zero-order valence-electron chi connectivity index (χ0n) is 9.19. The highest BCUT2D eigenvalue weighted by atomic mass is 16.1. The van der Waals surface area contributed by atoms with Crippen LogP contribution < -0.4 is 0 Å². The molecule has 4 nitrogen and oxygen atoms in total. The summed E-state index contributed by atoms with van der Waals surface area (Å²) in [5.74, 6) is -0.125. The predicted octanol–water partition coefficient (Wildman–Crippen LogP) is 1.84. The summed E-state index contributed by atoms with van der Waals surface area (Å²) < 4.78 is 1.68. The minimum absolute atomic E-state index is 0.00322. The molecule has 0 amide bonds. The second-order valence-corrected chi connectivity index (χ2v) is 3.47. The van der Waals surface area contributed by atoms with E-state index in [1.165, 1.54) is 6.20 Å². The lowest BCUT2D eigenvalue weighted by Gasteiger charge is -1.96. The van der Waals surface area contributed by atoms with Gasteiger partial charge in [0.2, 0.25) is 0 Å². The van der Waals surface area contributed by atoms with Gasteiger partial charge in [0.15, 0.2) is 5.78 Å². The minimum atomic E-state index is -0.131. The number of rotatable bonds is 6. The highest BCUT2D eigenvalue weighted by Crippen LogP contribution is 2.05. The van der Waals surface area contributed by atoms with E-state index in [1.807, 2.05) is 13.8 Å². The Bertz CT molecular complexity index is 355. The smallest absolute Gasteiger partial charge is 0.173 e. The van der Waals surface area contributed by atoms with E-state index in [9.17, 15) is 9.59 Å². The molecule has 1 aromatic rings. The van der Waals surface area contributed by atoms with Crippen molar-refractivity contribution in [3.63, 3.8) is 0 Å². The maximum atomic E-state index is 11.6. The van der Waals surface area contributed by atoms with E-state index in [1.54, 1.807) is 10.9 Å². The first kappa shape index (κ1) is 11.6. The third kappa shape index (κ3) is 3.31. The molecule has 0 saturated heterocycles. The van der Waals surface area contributed by atoms with Crippen molar-refractivity contribution in [1.29, 1.82) is 0 Å². The van der Waals surface area contributed by atoms with Gasteiger partial charge in [0.05, 0.1) is 18.2 Å². The maximum absolute atomic E-state index is 11.6. The predicted molar refractivity (Wildman–Crippen MR) is 56.8 cm³/mol. The summed E-state index contributed by atoms with van der Waals surface area (Å²) in [5.41, 5.74) is 0.529. The van der Waals surface area contributed by atoms with Gasteiger partial charge in [0.25, 0.3) is 0 Å². The van der Waals surface area contributed by atoms with Crippen LogP contribution in [0.4, 0.5) is 0 Å². The van der Waals surface area contributed by atoms with Crippen molar-refractivity contribution in [2.45, 2.75) is 39.7 Å². The van der Waals surface area contributed by atoms with Crippen LogP contribution in [0.1, 0.15) is 43.5 Å². The lowest BCUT2D eigenvalue weighted by Crippen LogP contribution is -2.07. The molecular weight excluding hydrogens is 192 g/mol. The molecule has 0 N–H and O–H groups in total. The van der Waals surface area contributed by atoms with Gasteiger partial charge in [-0.25, -0.2) is 0 Å². The van der Waals surface area contributed by atoms with Gasteiger partial charge in [0.1, 0.15) is 5.78 Å². The van der Waals surface area contributed by atoms with Crippen LogP contribution in [0.5, 0.6) is 0 Å². The third-order valence-electron chi connectivity index (χ3n) is 2.17. The Labute approximate surface area is 89.3 Å². The molecule has 0 atom stereocenters. The number of hydrogen-bond acceptors (Lipinski definition) is 3. The van der Waals surface area contributed by atoms with Gasteiger partial charge < -0.3 is 0 Å². The fourth-order valence-electron chi connectivity index (χ4n) is 1.33. The fourth-order valence-corrected chi connectivity index (χ4v) is 1.33. The quantitative estimate of drug-likeness (QED) is 0.529. The molecule has 15 heavy (non-hydrogen) atoms. The van der Waals surface area contributed by atoms with Crippen molar-refractivity contribution in [2.75, 3.05) is 0 Å². The van der Waals surface area contributed by atoms with Crippen LogP contribution in [0.25, 0.3) is 0 Å². The molecule has 4 heteroatoms. The standard InChI is InChI=1S/C11H16N2O2/c1-3-5-10(14)6-11(15)9-7-12-13(4-2)8-9/h7-8H,3-6H2,1-2H3. The minimum Gasteiger partial charge on any atom is -0.299 e. The number of carbonyl (C=O) groups is 2. The van der Waals surface area contributed by atoms with Gasteiger partial charge in [-0.15, -0.1) is 0 Å². The summed E-state index contributed by atoms with van der Waals surface area (Å²) in [6.45, 7) is 4.61. The van der Waals surface area contributed by atoms with Gasteiger partial charge in [-0.3, -0.25) is 14.3 Å². The zero-order valence-corrected chi connectivity index (χ0v) is 9.19. The topological polar surface area (TPSA) is 52.0 Å². The fraction of sp³-hybridized carbons (Fsp3) is 0.545. The Morgan fingerprint density at radius 2 is 2.13 bits per heavy atom. The SMILES string of the molecule is CCCC(=O)CC(=O)c1cnn(CC)c1. The van der Waals surface area contributed by atoms with Crippen LogP contribution in [0.2, 0.25) is 0 Å². The number of carbonyl (C=O) groups excluding carboxylic acids is 2. The average molecular weight is 208 g/mol. The van der Waals surface area contributed by atoms with Crippen molar-refractivity contribution >= 4 is 11.6 Å². The van der Waals surface area contributed by atoms with E-state index in [4.69, 9.17) is 0 Å². The van der Waals surface area contributed by atoms with Crippen molar-refractivity contribution < 1.29 is 9.59 Å². The number of Topliss-reactive ketones (excluding diaryl/α,β-unsaturated/α-hetero) is 2. The molecule has 1 heterocycles.